The third kappa shape index (κ3) is 5.33. The lowest BCUT2D eigenvalue weighted by molar-refractivity contribution is -0.116. The van der Waals surface area contributed by atoms with Crippen molar-refractivity contribution in [1.82, 2.24) is 0 Å². The molecule has 0 saturated carbocycles. The van der Waals surface area contributed by atoms with Gasteiger partial charge in [0.25, 0.3) is 0 Å². The summed E-state index contributed by atoms with van der Waals surface area (Å²) in [6, 6.07) is 13.5. The molecule has 4 heteroatoms. The molecule has 0 radical (unpaired) electrons. The molecule has 0 aliphatic carbocycles. The quantitative estimate of drug-likeness (QED) is 0.794. The summed E-state index contributed by atoms with van der Waals surface area (Å²) in [5, 5.41) is 2.90. The van der Waals surface area contributed by atoms with E-state index in [4.69, 9.17) is 10.5 Å². The van der Waals surface area contributed by atoms with Crippen molar-refractivity contribution < 1.29 is 9.53 Å². The standard InChI is InChI=1S/C19H24N2O2/c1-13(2)23-18-10-6-15(12-17(18)20)7-11-19(22)21-16-8-4-14(3)5-9-16/h4-6,8-10,12-13H,7,11,20H2,1-3H3,(H,21,22). The number of nitrogen functional groups attached to an aromatic ring is 1. The van der Waals surface area contributed by atoms with Crippen LogP contribution in [0.3, 0.4) is 0 Å². The number of anilines is 2. The van der Waals surface area contributed by atoms with E-state index in [1.807, 2.05) is 63.2 Å². The predicted molar refractivity (Wildman–Crippen MR) is 94.7 cm³/mol. The summed E-state index contributed by atoms with van der Waals surface area (Å²) in [5.41, 5.74) is 9.61. The van der Waals surface area contributed by atoms with Crippen molar-refractivity contribution in [3.8, 4) is 5.75 Å². The molecule has 0 heterocycles. The van der Waals surface area contributed by atoms with Gasteiger partial charge in [0.1, 0.15) is 5.75 Å². The summed E-state index contributed by atoms with van der Waals surface area (Å²) < 4.78 is 5.61. The first-order valence-corrected chi connectivity index (χ1v) is 7.85. The summed E-state index contributed by atoms with van der Waals surface area (Å²) >= 11 is 0. The molecule has 4 nitrogen and oxygen atoms in total. The summed E-state index contributed by atoms with van der Waals surface area (Å²) in [6.07, 6.45) is 1.14. The van der Waals surface area contributed by atoms with Crippen LogP contribution in [-0.4, -0.2) is 12.0 Å². The molecule has 122 valence electrons. The minimum Gasteiger partial charge on any atom is -0.489 e. The third-order valence-corrected chi connectivity index (χ3v) is 3.41. The fourth-order valence-corrected chi connectivity index (χ4v) is 2.23. The second-order valence-electron chi connectivity index (χ2n) is 5.95. The molecule has 23 heavy (non-hydrogen) atoms. The lowest BCUT2D eigenvalue weighted by Gasteiger charge is -2.13. The van der Waals surface area contributed by atoms with E-state index in [-0.39, 0.29) is 12.0 Å². The molecule has 0 aromatic heterocycles. The van der Waals surface area contributed by atoms with Crippen LogP contribution in [0, 0.1) is 6.92 Å². The number of amides is 1. The number of carbonyl (C=O) groups is 1. The van der Waals surface area contributed by atoms with Crippen molar-refractivity contribution in [3.63, 3.8) is 0 Å². The van der Waals surface area contributed by atoms with Crippen molar-refractivity contribution in [1.29, 1.82) is 0 Å². The fraction of sp³-hybridized carbons (Fsp3) is 0.316. The first-order valence-electron chi connectivity index (χ1n) is 7.85. The lowest BCUT2D eigenvalue weighted by Crippen LogP contribution is -2.12. The van der Waals surface area contributed by atoms with Gasteiger partial charge >= 0.3 is 0 Å². The van der Waals surface area contributed by atoms with E-state index < -0.39 is 0 Å². The largest absolute Gasteiger partial charge is 0.489 e. The summed E-state index contributed by atoms with van der Waals surface area (Å²) in [6.45, 7) is 5.94. The third-order valence-electron chi connectivity index (χ3n) is 3.41. The normalized spacial score (nSPS) is 10.6. The van der Waals surface area contributed by atoms with Gasteiger partial charge in [0.15, 0.2) is 0 Å². The zero-order chi connectivity index (χ0) is 16.8. The molecule has 0 spiro atoms. The van der Waals surface area contributed by atoms with Crippen LogP contribution in [0.4, 0.5) is 11.4 Å². The van der Waals surface area contributed by atoms with Gasteiger partial charge in [-0.15, -0.1) is 0 Å². The van der Waals surface area contributed by atoms with Gasteiger partial charge in [0.2, 0.25) is 5.91 Å². The van der Waals surface area contributed by atoms with Crippen LogP contribution in [0.15, 0.2) is 42.5 Å². The fourth-order valence-electron chi connectivity index (χ4n) is 2.23. The van der Waals surface area contributed by atoms with Crippen LogP contribution >= 0.6 is 0 Å². The highest BCUT2D eigenvalue weighted by molar-refractivity contribution is 5.90. The Bertz CT molecular complexity index is 664. The van der Waals surface area contributed by atoms with Gasteiger partial charge in [-0.25, -0.2) is 0 Å². The number of hydrogen-bond donors (Lipinski definition) is 2. The Balaban J connectivity index is 1.88. The van der Waals surface area contributed by atoms with Crippen LogP contribution in [-0.2, 0) is 11.2 Å². The minimum absolute atomic E-state index is 0.00469. The van der Waals surface area contributed by atoms with E-state index in [1.165, 1.54) is 5.56 Å². The Labute approximate surface area is 137 Å². The van der Waals surface area contributed by atoms with Crippen LogP contribution in [0.2, 0.25) is 0 Å². The number of benzene rings is 2. The second kappa shape index (κ2) is 7.68. The van der Waals surface area contributed by atoms with Gasteiger partial charge in [0.05, 0.1) is 11.8 Å². The van der Waals surface area contributed by atoms with Crippen molar-refractivity contribution in [2.45, 2.75) is 39.7 Å². The maximum Gasteiger partial charge on any atom is 0.224 e. The van der Waals surface area contributed by atoms with E-state index in [1.54, 1.807) is 0 Å². The number of rotatable bonds is 6. The maximum absolute atomic E-state index is 12.0. The molecule has 1 amide bonds. The van der Waals surface area contributed by atoms with Gasteiger partial charge in [0, 0.05) is 12.1 Å². The molecule has 2 rings (SSSR count). The summed E-state index contributed by atoms with van der Waals surface area (Å²) in [4.78, 5) is 12.0. The highest BCUT2D eigenvalue weighted by Crippen LogP contribution is 2.24. The van der Waals surface area contributed by atoms with Gasteiger partial charge in [-0.05, 0) is 57.0 Å². The van der Waals surface area contributed by atoms with Crippen LogP contribution < -0.4 is 15.8 Å². The molecule has 2 aromatic rings. The van der Waals surface area contributed by atoms with Gasteiger partial charge in [-0.2, -0.15) is 0 Å². The molecular formula is C19H24N2O2. The molecule has 0 saturated heterocycles. The van der Waals surface area contributed by atoms with Crippen molar-refractivity contribution in [2.24, 2.45) is 0 Å². The first kappa shape index (κ1) is 16.9. The zero-order valence-electron chi connectivity index (χ0n) is 13.9. The first-order chi connectivity index (χ1) is 10.9. The highest BCUT2D eigenvalue weighted by Gasteiger charge is 2.07. The van der Waals surface area contributed by atoms with Crippen LogP contribution in [0.1, 0.15) is 31.4 Å². The number of aryl methyl sites for hydroxylation is 2. The van der Waals surface area contributed by atoms with E-state index in [2.05, 4.69) is 5.32 Å². The summed E-state index contributed by atoms with van der Waals surface area (Å²) in [5.74, 6) is 0.683. The molecule has 0 fully saturated rings. The Morgan fingerprint density at radius 2 is 1.87 bits per heavy atom. The molecule has 0 atom stereocenters. The number of nitrogens with one attached hydrogen (secondary N) is 1. The number of hydrogen-bond acceptors (Lipinski definition) is 3. The summed E-state index contributed by atoms with van der Waals surface area (Å²) in [7, 11) is 0. The predicted octanol–water partition coefficient (Wildman–Crippen LogP) is 3.94. The Kier molecular flexibility index (Phi) is 5.63. The average molecular weight is 312 g/mol. The lowest BCUT2D eigenvalue weighted by atomic mass is 10.1. The minimum atomic E-state index is -0.00469. The number of carbonyl (C=O) groups excluding carboxylic acids is 1. The Morgan fingerprint density at radius 1 is 1.17 bits per heavy atom. The molecule has 0 bridgehead atoms. The van der Waals surface area contributed by atoms with E-state index >= 15 is 0 Å². The van der Waals surface area contributed by atoms with E-state index in [9.17, 15) is 4.79 Å². The van der Waals surface area contributed by atoms with Crippen molar-refractivity contribution in [2.75, 3.05) is 11.1 Å². The molecular weight excluding hydrogens is 288 g/mol. The molecule has 0 aliphatic heterocycles. The number of ether oxygens (including phenoxy) is 1. The smallest absolute Gasteiger partial charge is 0.224 e. The second-order valence-corrected chi connectivity index (χ2v) is 5.95. The molecule has 0 aliphatic rings. The SMILES string of the molecule is Cc1ccc(NC(=O)CCc2ccc(OC(C)C)c(N)c2)cc1. The van der Waals surface area contributed by atoms with Crippen LogP contribution in [0.25, 0.3) is 0 Å². The Morgan fingerprint density at radius 3 is 2.48 bits per heavy atom. The molecule has 0 unspecified atom stereocenters. The van der Waals surface area contributed by atoms with Crippen LogP contribution in [0.5, 0.6) is 5.75 Å². The van der Waals surface area contributed by atoms with E-state index in [0.29, 0.717) is 24.3 Å². The highest BCUT2D eigenvalue weighted by atomic mass is 16.5. The molecule has 2 aromatic carbocycles. The van der Waals surface area contributed by atoms with Crippen molar-refractivity contribution >= 4 is 17.3 Å². The number of nitrogens with two attached hydrogens (primary N) is 1. The van der Waals surface area contributed by atoms with Gasteiger partial charge < -0.3 is 15.8 Å². The topological polar surface area (TPSA) is 64.3 Å². The zero-order valence-corrected chi connectivity index (χ0v) is 13.9. The van der Waals surface area contributed by atoms with E-state index in [0.717, 1.165) is 11.3 Å². The monoisotopic (exact) mass is 312 g/mol. The van der Waals surface area contributed by atoms with Gasteiger partial charge in [-0.3, -0.25) is 4.79 Å². The average Bonchev–Trinajstić information content (AvgIpc) is 2.50. The van der Waals surface area contributed by atoms with Crippen molar-refractivity contribution in [3.05, 3.63) is 53.6 Å². The Hall–Kier alpha value is -2.49. The van der Waals surface area contributed by atoms with Gasteiger partial charge in [-0.1, -0.05) is 23.8 Å². The maximum atomic E-state index is 12.0. The molecule has 3 N–H and O–H groups in total.